The summed E-state index contributed by atoms with van der Waals surface area (Å²) >= 11 is 0. The molecule has 0 saturated heterocycles. The number of nitrogen functional groups attached to an aromatic ring is 1. The van der Waals surface area contributed by atoms with Gasteiger partial charge < -0.3 is 5.11 Å². The Morgan fingerprint density at radius 1 is 1.42 bits per heavy atom. The molecular formula is C7H9ClN2O2. The average Bonchev–Trinajstić information content (AvgIpc) is 2.04. The van der Waals surface area contributed by atoms with Crippen LogP contribution < -0.4 is 11.3 Å². The maximum Gasteiger partial charge on any atom is 0.268 e. The number of carbonyl (C=O) groups excluding carboxylic acids is 1. The SMILES string of the molecule is Cl.NNC(=O)c1ccccc1O. The van der Waals surface area contributed by atoms with Gasteiger partial charge >= 0.3 is 0 Å². The van der Waals surface area contributed by atoms with Crippen molar-refractivity contribution >= 4 is 18.3 Å². The smallest absolute Gasteiger partial charge is 0.268 e. The van der Waals surface area contributed by atoms with E-state index < -0.39 is 5.91 Å². The van der Waals surface area contributed by atoms with E-state index in [2.05, 4.69) is 0 Å². The fourth-order valence-electron chi connectivity index (χ4n) is 0.743. The topological polar surface area (TPSA) is 75.3 Å². The monoisotopic (exact) mass is 188 g/mol. The summed E-state index contributed by atoms with van der Waals surface area (Å²) in [5.74, 6) is 4.29. The van der Waals surface area contributed by atoms with Crippen molar-refractivity contribution in [2.75, 3.05) is 0 Å². The first-order valence-electron chi connectivity index (χ1n) is 3.04. The Balaban J connectivity index is 0.00000121. The fraction of sp³-hybridized carbons (Fsp3) is 0. The Labute approximate surface area is 75.8 Å². The van der Waals surface area contributed by atoms with Crippen LogP contribution in [0.2, 0.25) is 0 Å². The van der Waals surface area contributed by atoms with Gasteiger partial charge in [-0.25, -0.2) is 5.84 Å². The van der Waals surface area contributed by atoms with Crippen LogP contribution in [-0.2, 0) is 0 Å². The largest absolute Gasteiger partial charge is 0.507 e. The number of phenols is 1. The Hall–Kier alpha value is -1.26. The highest BCUT2D eigenvalue weighted by molar-refractivity contribution is 5.96. The minimum absolute atomic E-state index is 0. The lowest BCUT2D eigenvalue weighted by molar-refractivity contribution is 0.0951. The lowest BCUT2D eigenvalue weighted by atomic mass is 10.2. The van der Waals surface area contributed by atoms with Gasteiger partial charge in [0.05, 0.1) is 5.56 Å². The zero-order chi connectivity index (χ0) is 8.27. The third-order valence-electron chi connectivity index (χ3n) is 1.28. The molecule has 0 spiro atoms. The summed E-state index contributed by atoms with van der Waals surface area (Å²) in [5, 5.41) is 9.10. The second kappa shape index (κ2) is 4.58. The number of carbonyl (C=O) groups is 1. The minimum Gasteiger partial charge on any atom is -0.507 e. The highest BCUT2D eigenvalue weighted by Gasteiger charge is 2.06. The number of aromatic hydroxyl groups is 1. The predicted molar refractivity (Wildman–Crippen MR) is 47.0 cm³/mol. The number of benzene rings is 1. The minimum atomic E-state index is -0.497. The first-order chi connectivity index (χ1) is 5.25. The standard InChI is InChI=1S/C7H8N2O2.ClH/c8-9-7(11)5-3-1-2-4-6(5)10;/h1-4,10H,8H2,(H,9,11);1H. The van der Waals surface area contributed by atoms with Crippen LogP contribution in [0.25, 0.3) is 0 Å². The Morgan fingerprint density at radius 3 is 2.50 bits per heavy atom. The Morgan fingerprint density at radius 2 is 2.00 bits per heavy atom. The molecule has 0 aliphatic rings. The van der Waals surface area contributed by atoms with Crippen LogP contribution >= 0.6 is 12.4 Å². The number of hydrazine groups is 1. The molecule has 1 aromatic carbocycles. The van der Waals surface area contributed by atoms with E-state index >= 15 is 0 Å². The van der Waals surface area contributed by atoms with E-state index in [0.29, 0.717) is 0 Å². The zero-order valence-electron chi connectivity index (χ0n) is 6.15. The van der Waals surface area contributed by atoms with Crippen LogP contribution in [0.5, 0.6) is 5.75 Å². The highest BCUT2D eigenvalue weighted by atomic mass is 35.5. The molecule has 0 bridgehead atoms. The number of rotatable bonds is 1. The van der Waals surface area contributed by atoms with Crippen molar-refractivity contribution in [3.63, 3.8) is 0 Å². The summed E-state index contributed by atoms with van der Waals surface area (Å²) in [4.78, 5) is 10.8. The van der Waals surface area contributed by atoms with Gasteiger partial charge in [0.15, 0.2) is 0 Å². The van der Waals surface area contributed by atoms with Crippen molar-refractivity contribution in [3.8, 4) is 5.75 Å². The van der Waals surface area contributed by atoms with Gasteiger partial charge in [-0.05, 0) is 12.1 Å². The Kier molecular flexibility index (Phi) is 4.10. The van der Waals surface area contributed by atoms with E-state index in [4.69, 9.17) is 10.9 Å². The molecular weight excluding hydrogens is 180 g/mol. The number of amides is 1. The normalized spacial score (nSPS) is 8.42. The van der Waals surface area contributed by atoms with Crippen molar-refractivity contribution in [1.29, 1.82) is 0 Å². The molecule has 5 heteroatoms. The lowest BCUT2D eigenvalue weighted by Crippen LogP contribution is -2.29. The predicted octanol–water partition coefficient (Wildman–Crippen LogP) is 0.418. The molecule has 4 N–H and O–H groups in total. The van der Waals surface area contributed by atoms with Crippen molar-refractivity contribution in [3.05, 3.63) is 29.8 Å². The number of halogens is 1. The molecule has 66 valence electrons. The van der Waals surface area contributed by atoms with Crippen LogP contribution in [0.1, 0.15) is 10.4 Å². The van der Waals surface area contributed by atoms with Crippen molar-refractivity contribution < 1.29 is 9.90 Å². The molecule has 0 heterocycles. The van der Waals surface area contributed by atoms with E-state index in [1.165, 1.54) is 12.1 Å². The maximum atomic E-state index is 10.8. The molecule has 0 aromatic heterocycles. The van der Waals surface area contributed by atoms with Gasteiger partial charge in [-0.1, -0.05) is 12.1 Å². The zero-order valence-corrected chi connectivity index (χ0v) is 6.97. The summed E-state index contributed by atoms with van der Waals surface area (Å²) < 4.78 is 0. The van der Waals surface area contributed by atoms with Gasteiger partial charge in [0.2, 0.25) is 0 Å². The van der Waals surface area contributed by atoms with Crippen molar-refractivity contribution in [2.24, 2.45) is 5.84 Å². The molecule has 0 atom stereocenters. The summed E-state index contributed by atoms with van der Waals surface area (Å²) in [6.07, 6.45) is 0. The molecule has 0 aliphatic carbocycles. The summed E-state index contributed by atoms with van der Waals surface area (Å²) in [6.45, 7) is 0. The van der Waals surface area contributed by atoms with E-state index in [0.717, 1.165) is 0 Å². The molecule has 0 fully saturated rings. The first-order valence-corrected chi connectivity index (χ1v) is 3.04. The number of phenolic OH excluding ortho intramolecular Hbond substituents is 1. The van der Waals surface area contributed by atoms with E-state index in [-0.39, 0.29) is 23.7 Å². The molecule has 0 unspecified atom stereocenters. The summed E-state index contributed by atoms with van der Waals surface area (Å²) in [5.41, 5.74) is 2.10. The molecule has 0 saturated carbocycles. The number of hydrogen-bond acceptors (Lipinski definition) is 3. The van der Waals surface area contributed by atoms with Gasteiger partial charge in [0.1, 0.15) is 5.75 Å². The number of nitrogens with two attached hydrogens (primary N) is 1. The highest BCUT2D eigenvalue weighted by Crippen LogP contribution is 2.14. The third kappa shape index (κ3) is 2.11. The van der Waals surface area contributed by atoms with Gasteiger partial charge in [0, 0.05) is 0 Å². The second-order valence-electron chi connectivity index (χ2n) is 1.99. The van der Waals surface area contributed by atoms with E-state index in [1.54, 1.807) is 12.1 Å². The van der Waals surface area contributed by atoms with Crippen LogP contribution in [0.15, 0.2) is 24.3 Å². The molecule has 12 heavy (non-hydrogen) atoms. The van der Waals surface area contributed by atoms with E-state index in [1.807, 2.05) is 5.43 Å². The summed E-state index contributed by atoms with van der Waals surface area (Å²) in [7, 11) is 0. The van der Waals surface area contributed by atoms with Crippen LogP contribution in [-0.4, -0.2) is 11.0 Å². The van der Waals surface area contributed by atoms with Gasteiger partial charge in [-0.15, -0.1) is 12.4 Å². The lowest BCUT2D eigenvalue weighted by Gasteiger charge is -2.00. The molecule has 0 radical (unpaired) electrons. The number of para-hydroxylation sites is 1. The van der Waals surface area contributed by atoms with E-state index in [9.17, 15) is 4.79 Å². The van der Waals surface area contributed by atoms with Crippen LogP contribution in [0.3, 0.4) is 0 Å². The van der Waals surface area contributed by atoms with Crippen molar-refractivity contribution in [2.45, 2.75) is 0 Å². The first kappa shape index (κ1) is 10.7. The maximum absolute atomic E-state index is 10.8. The van der Waals surface area contributed by atoms with Crippen LogP contribution in [0, 0.1) is 0 Å². The molecule has 1 aromatic rings. The fourth-order valence-corrected chi connectivity index (χ4v) is 0.743. The van der Waals surface area contributed by atoms with Crippen molar-refractivity contribution in [1.82, 2.24) is 5.43 Å². The molecule has 4 nitrogen and oxygen atoms in total. The van der Waals surface area contributed by atoms with Gasteiger partial charge in [-0.3, -0.25) is 10.2 Å². The Bertz CT molecular complexity index is 278. The number of hydrogen-bond donors (Lipinski definition) is 3. The van der Waals surface area contributed by atoms with Gasteiger partial charge in [0.25, 0.3) is 5.91 Å². The average molecular weight is 189 g/mol. The quantitative estimate of drug-likeness (QED) is 0.340. The third-order valence-corrected chi connectivity index (χ3v) is 1.28. The number of nitrogens with one attached hydrogen (secondary N) is 1. The molecule has 0 aliphatic heterocycles. The molecule has 1 amide bonds. The van der Waals surface area contributed by atoms with Crippen LogP contribution in [0.4, 0.5) is 0 Å². The van der Waals surface area contributed by atoms with Gasteiger partial charge in [-0.2, -0.15) is 0 Å². The molecule has 1 rings (SSSR count). The summed E-state index contributed by atoms with van der Waals surface area (Å²) in [6, 6.07) is 6.18. The second-order valence-corrected chi connectivity index (χ2v) is 1.99.